The van der Waals surface area contributed by atoms with Crippen LogP contribution in [0, 0.1) is 6.92 Å². The third-order valence-electron chi connectivity index (χ3n) is 6.38. The van der Waals surface area contributed by atoms with Crippen molar-refractivity contribution in [2.24, 2.45) is 0 Å². The van der Waals surface area contributed by atoms with Gasteiger partial charge in [0.25, 0.3) is 5.91 Å². The predicted molar refractivity (Wildman–Crippen MR) is 136 cm³/mol. The second-order valence-electron chi connectivity index (χ2n) is 8.58. The molecule has 8 heteroatoms. The van der Waals surface area contributed by atoms with Crippen LogP contribution in [-0.2, 0) is 6.54 Å². The first-order valence-corrected chi connectivity index (χ1v) is 12.3. The van der Waals surface area contributed by atoms with E-state index < -0.39 is 0 Å². The van der Waals surface area contributed by atoms with Gasteiger partial charge in [0.1, 0.15) is 5.58 Å². The number of benzene rings is 2. The normalized spacial score (nSPS) is 14.7. The van der Waals surface area contributed by atoms with Crippen molar-refractivity contribution in [2.75, 3.05) is 31.5 Å². The Labute approximate surface area is 201 Å². The van der Waals surface area contributed by atoms with E-state index in [0.717, 1.165) is 59.9 Å². The highest BCUT2D eigenvalue weighted by atomic mass is 32.1. The van der Waals surface area contributed by atoms with Gasteiger partial charge in [-0.05, 0) is 19.1 Å². The molecule has 4 heterocycles. The zero-order valence-corrected chi connectivity index (χ0v) is 19.7. The van der Waals surface area contributed by atoms with E-state index in [0.29, 0.717) is 17.0 Å². The summed E-state index contributed by atoms with van der Waals surface area (Å²) < 4.78 is 8.03. The molecule has 0 aliphatic carbocycles. The van der Waals surface area contributed by atoms with E-state index >= 15 is 0 Å². The van der Waals surface area contributed by atoms with Crippen LogP contribution in [0.4, 0.5) is 5.69 Å². The number of carbonyl (C=O) groups excluding carboxylic acids is 1. The summed E-state index contributed by atoms with van der Waals surface area (Å²) in [5.41, 5.74) is 5.22. The Hall–Kier alpha value is -3.46. The molecule has 1 aliphatic heterocycles. The Morgan fingerprint density at radius 2 is 1.94 bits per heavy atom. The molecule has 1 saturated heterocycles. The van der Waals surface area contributed by atoms with E-state index in [-0.39, 0.29) is 5.91 Å². The molecule has 0 radical (unpaired) electrons. The number of anilines is 1. The van der Waals surface area contributed by atoms with Gasteiger partial charge in [-0.1, -0.05) is 36.4 Å². The Morgan fingerprint density at radius 1 is 1.15 bits per heavy atom. The summed E-state index contributed by atoms with van der Waals surface area (Å²) in [5, 5.41) is 9.59. The van der Waals surface area contributed by atoms with E-state index in [1.807, 2.05) is 55.5 Å². The monoisotopic (exact) mass is 471 g/mol. The molecule has 5 aromatic rings. The summed E-state index contributed by atoms with van der Waals surface area (Å²) in [4.78, 5) is 21.4. The largest absolute Gasteiger partial charge is 0.451 e. The third kappa shape index (κ3) is 3.79. The van der Waals surface area contributed by atoms with Gasteiger partial charge in [-0.15, -0.1) is 11.3 Å². The number of thiazole rings is 1. The van der Waals surface area contributed by atoms with E-state index in [1.165, 1.54) is 5.69 Å². The second kappa shape index (κ2) is 8.72. The molecule has 0 atom stereocenters. The molecule has 7 nitrogen and oxygen atoms in total. The van der Waals surface area contributed by atoms with Crippen molar-refractivity contribution >= 4 is 38.9 Å². The Morgan fingerprint density at radius 3 is 2.79 bits per heavy atom. The van der Waals surface area contributed by atoms with Crippen molar-refractivity contribution in [3.05, 3.63) is 77.1 Å². The lowest BCUT2D eigenvalue weighted by molar-refractivity contribution is 0.0998. The van der Waals surface area contributed by atoms with Crippen LogP contribution in [0.15, 0.2) is 64.5 Å². The summed E-state index contributed by atoms with van der Waals surface area (Å²) in [7, 11) is 0. The molecule has 3 aromatic heterocycles. The number of furan rings is 1. The Balaban J connectivity index is 1.29. The number of amides is 1. The van der Waals surface area contributed by atoms with Gasteiger partial charge in [0, 0.05) is 66.5 Å². The maximum Gasteiger partial charge on any atom is 0.291 e. The molecule has 172 valence electrons. The summed E-state index contributed by atoms with van der Waals surface area (Å²) in [5.74, 6) is 0.0710. The number of para-hydroxylation sites is 2. The SMILES string of the molecule is Cc1c(C(=O)Nc2ccccc2-c2cn3c(CN4CCNCC4)csc3n2)oc2ccccc12. The van der Waals surface area contributed by atoms with E-state index in [1.54, 1.807) is 11.3 Å². The number of fused-ring (bicyclic) bond motifs is 2. The van der Waals surface area contributed by atoms with Gasteiger partial charge < -0.3 is 15.1 Å². The van der Waals surface area contributed by atoms with Crippen LogP contribution in [-0.4, -0.2) is 46.4 Å². The quantitative estimate of drug-likeness (QED) is 0.386. The van der Waals surface area contributed by atoms with Crippen LogP contribution in [0.3, 0.4) is 0 Å². The molecule has 1 amide bonds. The minimum atomic E-state index is -0.262. The maximum absolute atomic E-state index is 13.1. The highest BCUT2D eigenvalue weighted by Gasteiger charge is 2.20. The Bertz CT molecular complexity index is 1490. The van der Waals surface area contributed by atoms with Gasteiger partial charge in [-0.2, -0.15) is 0 Å². The number of aromatic nitrogens is 2. The topological polar surface area (TPSA) is 74.8 Å². The molecule has 1 fully saturated rings. The molecule has 0 saturated carbocycles. The Kier molecular flexibility index (Phi) is 5.41. The summed E-state index contributed by atoms with van der Waals surface area (Å²) in [6.45, 7) is 6.97. The lowest BCUT2D eigenvalue weighted by Gasteiger charge is -2.26. The predicted octanol–water partition coefficient (Wildman–Crippen LogP) is 4.77. The number of rotatable bonds is 5. The molecule has 6 rings (SSSR count). The van der Waals surface area contributed by atoms with Crippen LogP contribution in [0.25, 0.3) is 27.2 Å². The highest BCUT2D eigenvalue weighted by Crippen LogP contribution is 2.31. The molecule has 0 unspecified atom stereocenters. The number of carbonyl (C=O) groups is 1. The van der Waals surface area contributed by atoms with Crippen LogP contribution in [0.1, 0.15) is 21.8 Å². The number of aryl methyl sites for hydroxylation is 1. The zero-order valence-electron chi connectivity index (χ0n) is 18.9. The van der Waals surface area contributed by atoms with Crippen molar-refractivity contribution < 1.29 is 9.21 Å². The number of nitrogens with one attached hydrogen (secondary N) is 2. The fourth-order valence-corrected chi connectivity index (χ4v) is 5.42. The average molecular weight is 472 g/mol. The molecule has 0 spiro atoms. The number of piperazine rings is 1. The van der Waals surface area contributed by atoms with Gasteiger partial charge in [-0.3, -0.25) is 14.1 Å². The maximum atomic E-state index is 13.1. The first-order valence-electron chi connectivity index (χ1n) is 11.4. The number of nitrogens with zero attached hydrogens (tertiary/aromatic N) is 3. The van der Waals surface area contributed by atoms with Gasteiger partial charge in [-0.25, -0.2) is 4.98 Å². The molecule has 1 aliphatic rings. The van der Waals surface area contributed by atoms with Crippen molar-refractivity contribution in [3.8, 4) is 11.3 Å². The fourth-order valence-electron chi connectivity index (χ4n) is 4.56. The van der Waals surface area contributed by atoms with Crippen LogP contribution < -0.4 is 10.6 Å². The van der Waals surface area contributed by atoms with Crippen LogP contribution in [0.5, 0.6) is 0 Å². The minimum absolute atomic E-state index is 0.262. The average Bonchev–Trinajstić information content (AvgIpc) is 3.54. The number of hydrogen-bond acceptors (Lipinski definition) is 6. The lowest BCUT2D eigenvalue weighted by Crippen LogP contribution is -2.43. The molecule has 34 heavy (non-hydrogen) atoms. The smallest absolute Gasteiger partial charge is 0.291 e. The minimum Gasteiger partial charge on any atom is -0.451 e. The number of imidazole rings is 1. The van der Waals surface area contributed by atoms with E-state index in [2.05, 4.69) is 31.5 Å². The summed E-state index contributed by atoms with van der Waals surface area (Å²) >= 11 is 1.65. The van der Waals surface area contributed by atoms with Gasteiger partial charge in [0.2, 0.25) is 0 Å². The van der Waals surface area contributed by atoms with Crippen molar-refractivity contribution in [1.82, 2.24) is 19.6 Å². The molecular formula is C26H25N5O2S. The molecular weight excluding hydrogens is 446 g/mol. The van der Waals surface area contributed by atoms with Gasteiger partial charge >= 0.3 is 0 Å². The van der Waals surface area contributed by atoms with Crippen molar-refractivity contribution in [1.29, 1.82) is 0 Å². The van der Waals surface area contributed by atoms with Gasteiger partial charge in [0.15, 0.2) is 10.7 Å². The standard InChI is InChI=1S/C26H25N5O2S/c1-17-19-6-3-5-9-23(19)33-24(17)25(32)28-21-8-4-2-7-20(21)22-15-31-18(16-34-26(31)29-22)14-30-12-10-27-11-13-30/h2-9,15-16,27H,10-14H2,1H3,(H,28,32). The highest BCUT2D eigenvalue weighted by molar-refractivity contribution is 7.15. The first kappa shape index (κ1) is 21.1. The fraction of sp³-hybridized carbons (Fsp3) is 0.231. The van der Waals surface area contributed by atoms with Crippen molar-refractivity contribution in [2.45, 2.75) is 13.5 Å². The first-order chi connectivity index (χ1) is 16.7. The zero-order chi connectivity index (χ0) is 23.1. The van der Waals surface area contributed by atoms with Crippen LogP contribution >= 0.6 is 11.3 Å². The van der Waals surface area contributed by atoms with Crippen molar-refractivity contribution in [3.63, 3.8) is 0 Å². The van der Waals surface area contributed by atoms with E-state index in [9.17, 15) is 4.79 Å². The molecule has 0 bridgehead atoms. The van der Waals surface area contributed by atoms with Crippen LogP contribution in [0.2, 0.25) is 0 Å². The molecule has 2 aromatic carbocycles. The lowest BCUT2D eigenvalue weighted by atomic mass is 10.1. The summed E-state index contributed by atoms with van der Waals surface area (Å²) in [6.07, 6.45) is 2.07. The van der Waals surface area contributed by atoms with E-state index in [4.69, 9.17) is 9.40 Å². The number of hydrogen-bond donors (Lipinski definition) is 2. The van der Waals surface area contributed by atoms with Gasteiger partial charge in [0.05, 0.1) is 11.4 Å². The second-order valence-corrected chi connectivity index (χ2v) is 9.42. The third-order valence-corrected chi connectivity index (χ3v) is 7.27. The molecule has 2 N–H and O–H groups in total. The summed E-state index contributed by atoms with van der Waals surface area (Å²) in [6, 6.07) is 15.5.